The summed E-state index contributed by atoms with van der Waals surface area (Å²) < 4.78 is 0. The highest BCUT2D eigenvalue weighted by atomic mass is 35.5. The van der Waals surface area contributed by atoms with Gasteiger partial charge in [-0.25, -0.2) is 19.9 Å². The predicted octanol–water partition coefficient (Wildman–Crippen LogP) is 26.7. The molecule has 6 aliphatic carbocycles. The predicted molar refractivity (Wildman–Crippen MR) is 520 cm³/mol. The summed E-state index contributed by atoms with van der Waals surface area (Å²) >= 11 is 7.43. The standard InChI is InChI=1S/C60H38N2.C38H23Cl.C22H17BN2O2/c1-3-18-40(19-4-1)55-38-56(41-20-5-2-6-21-41)62-58(61-55)42-36-34-39(35-37-42)43-26-17-33-54-57(43)60(50-29-13-9-24-46(50)47-25-10-14-30-51(47)60)53-32-16-15-31-52(53)59(54)48-27-11-7-22-44(48)45-23-8-12-28-49(45)59;39-35-23-11-22-34-36(35)38(30-18-7-3-14-26(30)27-15-4-8-19-31(27)38)33-21-10-9-20-32(33)37(34)28-16-5-1-12-24(28)25-13-2-6-17-29(25)37;26-23(27)19-13-11-18(12-14-19)22-24-20(16-7-3-1-4-8-16)15-21(25-22)17-9-5-2-6-10-17/h1-38H;1-23H;1-15,26-27H. The lowest BCUT2D eigenvalue weighted by atomic mass is 9.51. The Bertz CT molecular complexity index is 7510. The van der Waals surface area contributed by atoms with Crippen LogP contribution in [0.25, 0.3) is 123 Å². The second-order valence-corrected chi connectivity index (χ2v) is 34.2. The molecule has 6 nitrogen and oxygen atoms in total. The first-order valence-electron chi connectivity index (χ1n) is 43.7. The molecule has 0 fully saturated rings. The number of hydrogen-bond acceptors (Lipinski definition) is 6. The number of nitrogens with zero attached hydrogens (tertiary/aromatic N) is 4. The first-order valence-corrected chi connectivity index (χ1v) is 44.1. The Hall–Kier alpha value is -15.6. The van der Waals surface area contributed by atoms with Crippen LogP contribution in [0.4, 0.5) is 0 Å². The number of fused-ring (bicyclic) bond motifs is 32. The number of rotatable bonds is 8. The molecule has 2 aromatic heterocycles. The van der Waals surface area contributed by atoms with Gasteiger partial charge in [0.05, 0.1) is 44.4 Å². The molecule has 2 heterocycles. The molecular formula is C120H78BClN4O2. The van der Waals surface area contributed by atoms with Gasteiger partial charge in [0.2, 0.25) is 0 Å². The molecule has 0 saturated heterocycles. The molecule has 26 rings (SSSR count). The molecule has 18 aromatic carbocycles. The summed E-state index contributed by atoms with van der Waals surface area (Å²) in [6, 6.07) is 165. The summed E-state index contributed by atoms with van der Waals surface area (Å²) in [6.45, 7) is 0. The monoisotopic (exact) mass is 1650 g/mol. The van der Waals surface area contributed by atoms with Gasteiger partial charge in [-0.1, -0.05) is 454 Å². The molecule has 0 saturated carbocycles. The number of aromatic nitrogens is 4. The van der Waals surface area contributed by atoms with Crippen LogP contribution in [0.3, 0.4) is 0 Å². The molecule has 8 heteroatoms. The van der Waals surface area contributed by atoms with E-state index in [0.29, 0.717) is 17.1 Å². The Morgan fingerprint density at radius 3 is 0.703 bits per heavy atom. The molecule has 0 radical (unpaired) electrons. The molecule has 0 aliphatic heterocycles. The van der Waals surface area contributed by atoms with Gasteiger partial charge in [-0.15, -0.1) is 0 Å². The zero-order valence-electron chi connectivity index (χ0n) is 69.5. The quantitative estimate of drug-likeness (QED) is 0.147. The van der Waals surface area contributed by atoms with Crippen molar-refractivity contribution in [2.75, 3.05) is 0 Å². The number of benzene rings is 18. The van der Waals surface area contributed by atoms with Crippen molar-refractivity contribution in [2.45, 2.75) is 21.7 Å². The van der Waals surface area contributed by atoms with E-state index < -0.39 is 28.8 Å². The summed E-state index contributed by atoms with van der Waals surface area (Å²) in [5.41, 5.74) is 41.6. The van der Waals surface area contributed by atoms with Gasteiger partial charge in [-0.2, -0.15) is 0 Å². The maximum atomic E-state index is 9.30. The third-order valence-electron chi connectivity index (χ3n) is 27.6. The van der Waals surface area contributed by atoms with Crippen molar-refractivity contribution < 1.29 is 10.0 Å². The maximum Gasteiger partial charge on any atom is 0.488 e. The van der Waals surface area contributed by atoms with E-state index in [1.54, 1.807) is 24.3 Å². The van der Waals surface area contributed by atoms with E-state index in [-0.39, 0.29) is 0 Å². The van der Waals surface area contributed by atoms with E-state index >= 15 is 0 Å². The van der Waals surface area contributed by atoms with Crippen molar-refractivity contribution in [1.82, 2.24) is 19.9 Å². The van der Waals surface area contributed by atoms with Gasteiger partial charge in [0.1, 0.15) is 0 Å². The number of halogens is 1. The van der Waals surface area contributed by atoms with Crippen LogP contribution in [0.2, 0.25) is 5.02 Å². The largest absolute Gasteiger partial charge is 0.488 e. The minimum Gasteiger partial charge on any atom is -0.423 e. The van der Waals surface area contributed by atoms with Gasteiger partial charge in [-0.05, 0) is 168 Å². The van der Waals surface area contributed by atoms with Crippen LogP contribution in [0.15, 0.2) is 461 Å². The van der Waals surface area contributed by atoms with E-state index in [1.165, 1.54) is 139 Å². The van der Waals surface area contributed by atoms with Crippen LogP contribution in [-0.2, 0) is 21.7 Å². The lowest BCUT2D eigenvalue weighted by Gasteiger charge is -2.49. The molecule has 0 amide bonds. The fourth-order valence-electron chi connectivity index (χ4n) is 22.6. The highest BCUT2D eigenvalue weighted by Gasteiger charge is 2.62. The Balaban J connectivity index is 0.000000118. The molecule has 128 heavy (non-hydrogen) atoms. The van der Waals surface area contributed by atoms with Crippen LogP contribution in [0.1, 0.15) is 89.0 Å². The average Bonchev–Trinajstić information content (AvgIpc) is 1.47. The maximum absolute atomic E-state index is 9.30. The lowest BCUT2D eigenvalue weighted by Crippen LogP contribution is -2.44. The summed E-state index contributed by atoms with van der Waals surface area (Å²) in [5, 5.41) is 19.4. The molecule has 2 N–H and O–H groups in total. The Kier molecular flexibility index (Phi) is 18.1. The van der Waals surface area contributed by atoms with E-state index in [4.69, 9.17) is 31.5 Å². The molecular weight excluding hydrogens is 1580 g/mol. The van der Waals surface area contributed by atoms with Gasteiger partial charge < -0.3 is 10.0 Å². The Morgan fingerprint density at radius 2 is 0.398 bits per heavy atom. The minimum atomic E-state index is -1.49. The lowest BCUT2D eigenvalue weighted by molar-refractivity contribution is 0.426. The van der Waals surface area contributed by atoms with Crippen LogP contribution in [-0.4, -0.2) is 37.1 Å². The van der Waals surface area contributed by atoms with Crippen LogP contribution in [0.5, 0.6) is 0 Å². The second kappa shape index (κ2) is 30.4. The fraction of sp³-hybridized carbons (Fsp3) is 0.0333. The van der Waals surface area contributed by atoms with Crippen molar-refractivity contribution >= 4 is 24.2 Å². The average molecular weight is 1650 g/mol. The first-order chi connectivity index (χ1) is 63.2. The highest BCUT2D eigenvalue weighted by Crippen LogP contribution is 2.71. The second-order valence-electron chi connectivity index (χ2n) is 33.8. The summed E-state index contributed by atoms with van der Waals surface area (Å²) in [6.07, 6.45) is 0. The van der Waals surface area contributed by atoms with Gasteiger partial charge in [0.15, 0.2) is 11.6 Å². The summed E-state index contributed by atoms with van der Waals surface area (Å²) in [7, 11) is -1.49. The third-order valence-corrected chi connectivity index (χ3v) is 27.9. The molecule has 20 aromatic rings. The molecule has 4 spiro atoms. The Morgan fingerprint density at radius 1 is 0.180 bits per heavy atom. The van der Waals surface area contributed by atoms with Gasteiger partial charge in [-0.3, -0.25) is 0 Å². The fourth-order valence-corrected chi connectivity index (χ4v) is 22.9. The van der Waals surface area contributed by atoms with Crippen molar-refractivity contribution in [2.24, 2.45) is 0 Å². The zero-order valence-corrected chi connectivity index (χ0v) is 70.3. The molecule has 600 valence electrons. The van der Waals surface area contributed by atoms with Gasteiger partial charge >= 0.3 is 7.12 Å². The smallest absolute Gasteiger partial charge is 0.423 e. The normalized spacial score (nSPS) is 13.8. The van der Waals surface area contributed by atoms with Crippen LogP contribution < -0.4 is 5.46 Å². The summed E-state index contributed by atoms with van der Waals surface area (Å²) in [4.78, 5) is 19.8. The van der Waals surface area contributed by atoms with E-state index in [9.17, 15) is 10.0 Å². The molecule has 0 atom stereocenters. The van der Waals surface area contributed by atoms with Crippen molar-refractivity contribution in [3.05, 3.63) is 555 Å². The molecule has 0 unspecified atom stereocenters. The van der Waals surface area contributed by atoms with E-state index in [0.717, 1.165) is 66.7 Å². The number of hydrogen-bond donors (Lipinski definition) is 2. The van der Waals surface area contributed by atoms with Crippen LogP contribution >= 0.6 is 11.6 Å². The van der Waals surface area contributed by atoms with Crippen LogP contribution in [0, 0.1) is 0 Å². The first kappa shape index (κ1) is 76.1. The molecule has 6 aliphatic rings. The van der Waals surface area contributed by atoms with E-state index in [2.05, 4.69) is 358 Å². The van der Waals surface area contributed by atoms with Crippen molar-refractivity contribution in [3.8, 4) is 123 Å². The third kappa shape index (κ3) is 11.3. The SMILES string of the molecule is Clc1cccc2c1C1(c3ccccc3-c3ccccc31)c1ccccc1C21c2ccccc2-c2ccccc21.OB(O)c1ccc(-c2nc(-c3ccccc3)cc(-c3ccccc3)n2)cc1.c1ccc(-c2cc(-c3ccccc3)nc(-c3ccc(-c4cccc5c4C4(c6ccccc6-c6ccccc64)c4ccccc4C54c5ccccc5-c5ccccc54)cc3)n2)cc1. The molecule has 0 bridgehead atoms. The summed E-state index contributed by atoms with van der Waals surface area (Å²) in [5.74, 6) is 1.29. The van der Waals surface area contributed by atoms with Crippen molar-refractivity contribution in [1.29, 1.82) is 0 Å². The highest BCUT2D eigenvalue weighted by molar-refractivity contribution is 6.58. The van der Waals surface area contributed by atoms with Gasteiger partial charge in [0.25, 0.3) is 0 Å². The minimum absolute atomic E-state index is 0.432. The van der Waals surface area contributed by atoms with Gasteiger partial charge in [0, 0.05) is 38.4 Å². The van der Waals surface area contributed by atoms with Crippen molar-refractivity contribution in [3.63, 3.8) is 0 Å². The topological polar surface area (TPSA) is 92.0 Å². The zero-order chi connectivity index (χ0) is 85.2. The van der Waals surface area contributed by atoms with E-state index in [1.807, 2.05) is 78.9 Å². The Labute approximate surface area is 749 Å².